The molecule has 0 heterocycles. The van der Waals surface area contributed by atoms with Gasteiger partial charge in [-0.25, -0.2) is 5.48 Å². The second-order valence-corrected chi connectivity index (χ2v) is 9.68. The molecular formula is C28H34N2O5. The van der Waals surface area contributed by atoms with Gasteiger partial charge < -0.3 is 10.4 Å². The third-order valence-electron chi connectivity index (χ3n) is 6.01. The molecule has 2 amide bonds. The average Bonchev–Trinajstić information content (AvgIpc) is 2.83. The quantitative estimate of drug-likeness (QED) is 0.264. The smallest absolute Gasteiger partial charge is 0.272 e. The zero-order valence-corrected chi connectivity index (χ0v) is 20.9. The third kappa shape index (κ3) is 7.78. The Balaban J connectivity index is 2.21. The minimum Gasteiger partial charge on any atom is -0.382 e. The van der Waals surface area contributed by atoms with Crippen LogP contribution in [0.4, 0.5) is 0 Å². The van der Waals surface area contributed by atoms with Gasteiger partial charge in [-0.3, -0.25) is 19.6 Å². The first kappa shape index (κ1) is 27.8. The van der Waals surface area contributed by atoms with E-state index in [4.69, 9.17) is 5.21 Å². The van der Waals surface area contributed by atoms with Crippen molar-refractivity contribution < 1.29 is 24.7 Å². The molecule has 186 valence electrons. The van der Waals surface area contributed by atoms with Gasteiger partial charge >= 0.3 is 0 Å². The lowest BCUT2D eigenvalue weighted by Crippen LogP contribution is -2.44. The number of hydroxylamine groups is 1. The number of aliphatic hydroxyl groups excluding tert-OH is 1. The normalized spacial score (nSPS) is 13.6. The molecule has 35 heavy (non-hydrogen) atoms. The summed E-state index contributed by atoms with van der Waals surface area (Å²) in [6, 6.07) is 15.8. The molecule has 0 radical (unpaired) electrons. The molecule has 0 aliphatic carbocycles. The number of aryl methyl sites for hydroxylation is 1. The van der Waals surface area contributed by atoms with Crippen LogP contribution in [0.5, 0.6) is 0 Å². The lowest BCUT2D eigenvalue weighted by atomic mass is 9.75. The van der Waals surface area contributed by atoms with Crippen molar-refractivity contribution in [1.29, 1.82) is 0 Å². The number of nitrogens with one attached hydrogen (secondary N) is 2. The summed E-state index contributed by atoms with van der Waals surface area (Å²) in [6.07, 6.45) is -2.08. The van der Waals surface area contributed by atoms with Gasteiger partial charge in [0, 0.05) is 31.4 Å². The number of carbonyl (C=O) groups is 3. The number of rotatable bonds is 8. The van der Waals surface area contributed by atoms with E-state index in [-0.39, 0.29) is 18.7 Å². The van der Waals surface area contributed by atoms with Gasteiger partial charge in [0.05, 0.1) is 5.92 Å². The van der Waals surface area contributed by atoms with Crippen molar-refractivity contribution >= 4 is 17.6 Å². The van der Waals surface area contributed by atoms with Crippen molar-refractivity contribution in [2.45, 2.75) is 46.6 Å². The summed E-state index contributed by atoms with van der Waals surface area (Å²) in [5.74, 6) is 2.10. The Morgan fingerprint density at radius 2 is 1.49 bits per heavy atom. The molecule has 2 rings (SSSR count). The first-order chi connectivity index (χ1) is 16.5. The summed E-state index contributed by atoms with van der Waals surface area (Å²) in [4.78, 5) is 37.3. The highest BCUT2D eigenvalue weighted by molar-refractivity contribution is 5.93. The van der Waals surface area contributed by atoms with Crippen LogP contribution in [0.1, 0.15) is 44.7 Å². The Bertz CT molecular complexity index is 1090. The van der Waals surface area contributed by atoms with Crippen LogP contribution in [0.3, 0.4) is 0 Å². The molecule has 2 aromatic rings. The second kappa shape index (κ2) is 12.3. The van der Waals surface area contributed by atoms with Crippen LogP contribution >= 0.6 is 0 Å². The number of Topliss-reactive ketones (excluding diaryl/α,β-unsaturated/α-hetero) is 1. The van der Waals surface area contributed by atoms with E-state index in [0.717, 1.165) is 11.1 Å². The number of amides is 2. The minimum atomic E-state index is -1.80. The molecule has 3 atom stereocenters. The molecule has 0 saturated carbocycles. The van der Waals surface area contributed by atoms with Crippen LogP contribution < -0.4 is 10.8 Å². The highest BCUT2D eigenvalue weighted by Crippen LogP contribution is 2.31. The highest BCUT2D eigenvalue weighted by Gasteiger charge is 2.38. The fraction of sp³-hybridized carbons (Fsp3) is 0.393. The predicted octanol–water partition coefficient (Wildman–Crippen LogP) is 3.25. The first-order valence-corrected chi connectivity index (χ1v) is 11.5. The van der Waals surface area contributed by atoms with Gasteiger partial charge in [0.15, 0.2) is 0 Å². The fourth-order valence-electron chi connectivity index (χ4n) is 3.72. The number of hydrogen-bond acceptors (Lipinski definition) is 5. The van der Waals surface area contributed by atoms with E-state index < -0.39 is 35.0 Å². The van der Waals surface area contributed by atoms with Crippen LogP contribution in [0, 0.1) is 36.0 Å². The Labute approximate surface area is 206 Å². The van der Waals surface area contributed by atoms with Gasteiger partial charge in [0.1, 0.15) is 11.9 Å². The van der Waals surface area contributed by atoms with E-state index in [1.54, 1.807) is 0 Å². The van der Waals surface area contributed by atoms with Gasteiger partial charge in [-0.1, -0.05) is 74.6 Å². The number of ketones is 1. The van der Waals surface area contributed by atoms with Crippen LogP contribution in [-0.4, -0.2) is 41.1 Å². The van der Waals surface area contributed by atoms with Crippen molar-refractivity contribution in [1.82, 2.24) is 10.8 Å². The van der Waals surface area contributed by atoms with Crippen molar-refractivity contribution in [3.8, 4) is 23.0 Å². The molecular weight excluding hydrogens is 444 g/mol. The Kier molecular flexibility index (Phi) is 9.76. The predicted molar refractivity (Wildman–Crippen MR) is 134 cm³/mol. The molecule has 7 heteroatoms. The van der Waals surface area contributed by atoms with Crippen molar-refractivity contribution in [3.63, 3.8) is 0 Å². The molecule has 0 bridgehead atoms. The molecule has 0 aliphatic heterocycles. The second-order valence-electron chi connectivity index (χ2n) is 9.68. The van der Waals surface area contributed by atoms with Gasteiger partial charge in [-0.2, -0.15) is 0 Å². The van der Waals surface area contributed by atoms with E-state index in [1.807, 2.05) is 76.2 Å². The minimum absolute atomic E-state index is 0.113. The fourth-order valence-corrected chi connectivity index (χ4v) is 3.72. The summed E-state index contributed by atoms with van der Waals surface area (Å²) in [5, 5.41) is 21.9. The zero-order valence-electron chi connectivity index (χ0n) is 20.9. The Hall–Kier alpha value is -3.47. The molecule has 2 aromatic carbocycles. The summed E-state index contributed by atoms with van der Waals surface area (Å²) in [7, 11) is 1.49. The number of aliphatic hydroxyl groups is 1. The summed E-state index contributed by atoms with van der Waals surface area (Å²) in [6.45, 7) is 7.55. The SMILES string of the molecule is CNC(=O)[C@@H](CC(=O)[C@H](CC#Cc1ccc(-c2ccc(C)cc2)cc1)[C@H](O)C(=O)NO)C(C)(C)C. The van der Waals surface area contributed by atoms with E-state index >= 15 is 0 Å². The average molecular weight is 479 g/mol. The number of benzene rings is 2. The standard InChI is InChI=1S/C28H34N2O5/c1-18-9-13-20(14-10-18)21-15-11-19(12-16-21)7-6-8-22(25(32)27(34)30-35)24(31)17-23(26(33)29-5)28(2,3)4/h9-16,22-23,25,32,35H,8,17H2,1-5H3,(H,29,33)(H,30,34)/t22-,23+,25-/m0/s1. The monoisotopic (exact) mass is 478 g/mol. The third-order valence-corrected chi connectivity index (χ3v) is 6.01. The largest absolute Gasteiger partial charge is 0.382 e. The van der Waals surface area contributed by atoms with Gasteiger partial charge in [-0.15, -0.1) is 0 Å². The Morgan fingerprint density at radius 1 is 0.943 bits per heavy atom. The molecule has 0 saturated heterocycles. The van der Waals surface area contributed by atoms with Crippen molar-refractivity contribution in [2.24, 2.45) is 17.3 Å². The molecule has 0 spiro atoms. The maximum atomic E-state index is 13.1. The first-order valence-electron chi connectivity index (χ1n) is 11.5. The topological polar surface area (TPSA) is 116 Å². The zero-order chi connectivity index (χ0) is 26.2. The molecule has 0 aromatic heterocycles. The maximum absolute atomic E-state index is 13.1. The molecule has 7 nitrogen and oxygen atoms in total. The lowest BCUT2D eigenvalue weighted by molar-refractivity contribution is -0.146. The maximum Gasteiger partial charge on any atom is 0.272 e. The Morgan fingerprint density at radius 3 is 1.97 bits per heavy atom. The van der Waals surface area contributed by atoms with Crippen LogP contribution in [0.2, 0.25) is 0 Å². The van der Waals surface area contributed by atoms with Crippen LogP contribution in [-0.2, 0) is 14.4 Å². The van der Waals surface area contributed by atoms with E-state index in [2.05, 4.69) is 17.2 Å². The molecule has 4 N–H and O–H groups in total. The van der Waals surface area contributed by atoms with Crippen molar-refractivity contribution in [3.05, 3.63) is 59.7 Å². The van der Waals surface area contributed by atoms with E-state index in [0.29, 0.717) is 5.56 Å². The van der Waals surface area contributed by atoms with E-state index in [9.17, 15) is 19.5 Å². The van der Waals surface area contributed by atoms with Gasteiger partial charge in [0.25, 0.3) is 5.91 Å². The summed E-state index contributed by atoms with van der Waals surface area (Å²) >= 11 is 0. The van der Waals surface area contributed by atoms with Crippen LogP contribution in [0.15, 0.2) is 48.5 Å². The van der Waals surface area contributed by atoms with Gasteiger partial charge in [0.2, 0.25) is 5.91 Å². The van der Waals surface area contributed by atoms with Crippen molar-refractivity contribution in [2.75, 3.05) is 7.05 Å². The lowest BCUT2D eigenvalue weighted by Gasteiger charge is -2.30. The molecule has 0 aliphatic rings. The van der Waals surface area contributed by atoms with Crippen LogP contribution in [0.25, 0.3) is 11.1 Å². The molecule has 0 unspecified atom stereocenters. The van der Waals surface area contributed by atoms with E-state index in [1.165, 1.54) is 18.1 Å². The number of hydrogen-bond donors (Lipinski definition) is 4. The van der Waals surface area contributed by atoms with Gasteiger partial charge in [-0.05, 0) is 35.6 Å². The highest BCUT2D eigenvalue weighted by atomic mass is 16.5. The summed E-state index contributed by atoms with van der Waals surface area (Å²) in [5.41, 5.74) is 4.89. The molecule has 0 fully saturated rings. The number of carbonyl (C=O) groups excluding carboxylic acids is 3. The summed E-state index contributed by atoms with van der Waals surface area (Å²) < 4.78 is 0.